The number of urea groups is 1. The van der Waals surface area contributed by atoms with Crippen molar-refractivity contribution in [2.24, 2.45) is 0 Å². The number of rotatable bonds is 6. The third-order valence-corrected chi connectivity index (χ3v) is 6.62. The zero-order chi connectivity index (χ0) is 25.9. The molecule has 2 aromatic rings. The monoisotopic (exact) mass is 514 g/mol. The van der Waals surface area contributed by atoms with E-state index < -0.39 is 23.5 Å². The maximum Gasteiger partial charge on any atom is 0.416 e. The Morgan fingerprint density at radius 2 is 1.17 bits per heavy atom. The van der Waals surface area contributed by atoms with Crippen molar-refractivity contribution in [1.82, 2.24) is 20.4 Å². The second-order valence-corrected chi connectivity index (χ2v) is 9.30. The molecule has 0 saturated carbocycles. The van der Waals surface area contributed by atoms with Crippen LogP contribution in [0.1, 0.15) is 35.1 Å². The van der Waals surface area contributed by atoms with Crippen molar-refractivity contribution in [3.05, 3.63) is 70.8 Å². The lowest BCUT2D eigenvalue weighted by Crippen LogP contribution is -2.43. The quantitative estimate of drug-likeness (QED) is 0.541. The van der Waals surface area contributed by atoms with Gasteiger partial charge in [0.25, 0.3) is 0 Å². The second kappa shape index (κ2) is 10.7. The molecule has 0 radical (unpaired) electrons. The van der Waals surface area contributed by atoms with E-state index in [-0.39, 0.29) is 31.2 Å². The van der Waals surface area contributed by atoms with Crippen LogP contribution in [0.5, 0.6) is 0 Å². The maximum absolute atomic E-state index is 12.9. The number of likely N-dealkylation sites (tertiary alicyclic amines) is 2. The summed E-state index contributed by atoms with van der Waals surface area (Å²) in [7, 11) is 0. The Morgan fingerprint density at radius 3 is 1.56 bits per heavy atom. The van der Waals surface area contributed by atoms with Gasteiger partial charge in [0, 0.05) is 51.4 Å². The van der Waals surface area contributed by atoms with Gasteiger partial charge in [0.05, 0.1) is 11.1 Å². The first kappa shape index (κ1) is 26.3. The fourth-order valence-corrected chi connectivity index (χ4v) is 4.64. The topological polar surface area (TPSA) is 47.6 Å². The number of alkyl halides is 6. The molecule has 2 N–H and O–H groups in total. The molecule has 0 aromatic heterocycles. The summed E-state index contributed by atoms with van der Waals surface area (Å²) in [6.07, 6.45) is -7.37. The molecule has 0 bridgehead atoms. The van der Waals surface area contributed by atoms with Crippen LogP contribution in [0.15, 0.2) is 48.5 Å². The Kier molecular flexibility index (Phi) is 7.79. The Bertz CT molecular complexity index is 976. The highest BCUT2D eigenvalue weighted by Crippen LogP contribution is 2.30. The van der Waals surface area contributed by atoms with Gasteiger partial charge in [-0.15, -0.1) is 0 Å². The highest BCUT2D eigenvalue weighted by molar-refractivity contribution is 5.75. The van der Waals surface area contributed by atoms with Crippen molar-refractivity contribution in [2.45, 2.75) is 50.4 Å². The third-order valence-electron chi connectivity index (χ3n) is 6.62. The zero-order valence-electron chi connectivity index (χ0n) is 19.5. The molecule has 2 unspecified atom stereocenters. The maximum atomic E-state index is 12.9. The number of amides is 2. The Morgan fingerprint density at radius 1 is 0.750 bits per heavy atom. The number of hydrogen-bond donors (Lipinski definition) is 2. The van der Waals surface area contributed by atoms with Gasteiger partial charge in [-0.3, -0.25) is 0 Å². The van der Waals surface area contributed by atoms with Gasteiger partial charge >= 0.3 is 18.4 Å². The smallest absolute Gasteiger partial charge is 0.323 e. The summed E-state index contributed by atoms with van der Waals surface area (Å²) in [6, 6.07) is 10.2. The van der Waals surface area contributed by atoms with Crippen LogP contribution in [0.4, 0.5) is 31.1 Å². The van der Waals surface area contributed by atoms with Gasteiger partial charge in [-0.2, -0.15) is 26.3 Å². The van der Waals surface area contributed by atoms with Crippen LogP contribution in [0.25, 0.3) is 0 Å². The molecule has 2 amide bonds. The van der Waals surface area contributed by atoms with E-state index >= 15 is 0 Å². The highest BCUT2D eigenvalue weighted by atomic mass is 19.4. The number of halogens is 6. The Hall–Kier alpha value is -2.79. The van der Waals surface area contributed by atoms with Crippen LogP contribution in [0, 0.1) is 0 Å². The lowest BCUT2D eigenvalue weighted by atomic mass is 10.1. The minimum Gasteiger partial charge on any atom is -0.323 e. The molecule has 2 saturated heterocycles. The molecule has 196 valence electrons. The molecule has 0 aliphatic carbocycles. The molecular formula is C25H28F6N4O. The first-order valence-corrected chi connectivity index (χ1v) is 11.8. The van der Waals surface area contributed by atoms with Crippen molar-refractivity contribution in [1.29, 1.82) is 0 Å². The molecule has 2 fully saturated rings. The Balaban J connectivity index is 1.22. The number of carbonyl (C=O) groups excluding carboxylic acids is 1. The molecular weight excluding hydrogens is 486 g/mol. The number of benzene rings is 2. The minimum atomic E-state index is -4.39. The molecule has 2 aromatic carbocycles. The fraction of sp³-hybridized carbons (Fsp3) is 0.480. The van der Waals surface area contributed by atoms with Crippen LogP contribution in [0.2, 0.25) is 0 Å². The molecule has 2 heterocycles. The molecule has 5 nitrogen and oxygen atoms in total. The van der Waals surface area contributed by atoms with Crippen molar-refractivity contribution in [3.8, 4) is 0 Å². The number of nitrogens with one attached hydrogen (secondary N) is 2. The van der Waals surface area contributed by atoms with Crippen LogP contribution >= 0.6 is 0 Å². The zero-order valence-corrected chi connectivity index (χ0v) is 19.5. The summed E-state index contributed by atoms with van der Waals surface area (Å²) >= 11 is 0. The molecule has 2 aliphatic heterocycles. The van der Waals surface area contributed by atoms with Crippen molar-refractivity contribution < 1.29 is 31.1 Å². The summed E-state index contributed by atoms with van der Waals surface area (Å²) in [5.41, 5.74) is -0.307. The second-order valence-electron chi connectivity index (χ2n) is 9.30. The van der Waals surface area contributed by atoms with Crippen molar-refractivity contribution in [2.75, 3.05) is 26.2 Å². The van der Waals surface area contributed by atoms with E-state index in [1.807, 2.05) is 0 Å². The van der Waals surface area contributed by atoms with E-state index in [2.05, 4.69) is 10.6 Å². The van der Waals surface area contributed by atoms with Gasteiger partial charge in [0.15, 0.2) is 0 Å². The number of nitrogens with zero attached hydrogens (tertiary/aromatic N) is 2. The SMILES string of the molecule is O=C(N1CCC(NCc2cccc(C(F)(F)F)c2)C1)N1CCC(NCc2cccc(C(F)(F)F)c2)C1. The fourth-order valence-electron chi connectivity index (χ4n) is 4.64. The highest BCUT2D eigenvalue weighted by Gasteiger charge is 2.34. The van der Waals surface area contributed by atoms with E-state index in [9.17, 15) is 31.1 Å². The van der Waals surface area contributed by atoms with Crippen molar-refractivity contribution in [3.63, 3.8) is 0 Å². The first-order chi connectivity index (χ1) is 17.0. The van der Waals surface area contributed by atoms with Gasteiger partial charge in [-0.05, 0) is 36.1 Å². The summed E-state index contributed by atoms with van der Waals surface area (Å²) in [5, 5.41) is 6.48. The van der Waals surface area contributed by atoms with Crippen molar-refractivity contribution >= 4 is 6.03 Å². The number of carbonyl (C=O) groups is 1. The standard InChI is InChI=1S/C25H28F6N4O/c26-24(27,28)19-5-1-3-17(11-19)13-32-21-7-9-34(15-21)23(36)35-10-8-22(16-35)33-14-18-4-2-6-20(12-18)25(29,30)31/h1-6,11-12,21-22,32-33H,7-10,13-16H2. The van der Waals surface area contributed by atoms with Crippen LogP contribution in [-0.2, 0) is 25.4 Å². The average molecular weight is 515 g/mol. The van der Waals surface area contributed by atoms with Gasteiger partial charge in [-0.1, -0.05) is 36.4 Å². The molecule has 0 spiro atoms. The molecule has 11 heteroatoms. The predicted octanol–water partition coefficient (Wildman–Crippen LogP) is 4.87. The normalized spacial score (nSPS) is 20.8. The van der Waals surface area contributed by atoms with E-state index in [0.29, 0.717) is 50.1 Å². The lowest BCUT2D eigenvalue weighted by Gasteiger charge is -2.25. The van der Waals surface area contributed by atoms with Gasteiger partial charge in [-0.25, -0.2) is 4.79 Å². The van der Waals surface area contributed by atoms with E-state index in [4.69, 9.17) is 0 Å². The molecule has 2 aliphatic rings. The first-order valence-electron chi connectivity index (χ1n) is 11.8. The van der Waals surface area contributed by atoms with E-state index in [0.717, 1.165) is 24.3 Å². The van der Waals surface area contributed by atoms with Crippen LogP contribution in [0.3, 0.4) is 0 Å². The molecule has 4 rings (SSSR count). The van der Waals surface area contributed by atoms with Crippen LogP contribution < -0.4 is 10.6 Å². The average Bonchev–Trinajstić information content (AvgIpc) is 3.50. The van der Waals surface area contributed by atoms with Gasteiger partial charge in [0.1, 0.15) is 0 Å². The largest absolute Gasteiger partial charge is 0.416 e. The summed E-state index contributed by atoms with van der Waals surface area (Å²) < 4.78 is 77.4. The van der Waals surface area contributed by atoms with Crippen LogP contribution in [-0.4, -0.2) is 54.1 Å². The predicted molar refractivity (Wildman–Crippen MR) is 122 cm³/mol. The molecule has 2 atom stereocenters. The van der Waals surface area contributed by atoms with E-state index in [1.165, 1.54) is 12.1 Å². The third kappa shape index (κ3) is 6.70. The summed E-state index contributed by atoms with van der Waals surface area (Å²) in [4.78, 5) is 16.4. The Labute approximate surface area is 205 Å². The minimum absolute atomic E-state index is 0.0130. The lowest BCUT2D eigenvalue weighted by molar-refractivity contribution is -0.138. The summed E-state index contributed by atoms with van der Waals surface area (Å²) in [5.74, 6) is 0. The number of hydrogen-bond acceptors (Lipinski definition) is 3. The summed E-state index contributed by atoms with van der Waals surface area (Å²) in [6.45, 7) is 2.60. The van der Waals surface area contributed by atoms with E-state index in [1.54, 1.807) is 21.9 Å². The van der Waals surface area contributed by atoms with Gasteiger partial charge < -0.3 is 20.4 Å². The van der Waals surface area contributed by atoms with Gasteiger partial charge in [0.2, 0.25) is 0 Å². The molecule has 36 heavy (non-hydrogen) atoms.